The van der Waals surface area contributed by atoms with E-state index in [1.165, 1.54) is 12.4 Å². The van der Waals surface area contributed by atoms with Crippen LogP contribution in [0.4, 0.5) is 5.69 Å². The van der Waals surface area contributed by atoms with Gasteiger partial charge in [-0.1, -0.05) is 25.5 Å². The molecule has 2 amide bonds. The lowest BCUT2D eigenvalue weighted by atomic mass is 10.1. The van der Waals surface area contributed by atoms with E-state index in [-0.39, 0.29) is 11.8 Å². The highest BCUT2D eigenvalue weighted by Crippen LogP contribution is 2.19. The first kappa shape index (κ1) is 17.7. The third-order valence-electron chi connectivity index (χ3n) is 3.93. The number of nitrogens with zero attached hydrogens (tertiary/aromatic N) is 1. The van der Waals surface area contributed by atoms with Crippen LogP contribution in [0.15, 0.2) is 36.7 Å². The van der Waals surface area contributed by atoms with Crippen LogP contribution in [0.2, 0.25) is 0 Å². The number of rotatable bonds is 6. The molecule has 0 fully saturated rings. The number of hydrogen-bond acceptors (Lipinski definition) is 3. The molecule has 0 saturated heterocycles. The molecule has 0 aliphatic heterocycles. The van der Waals surface area contributed by atoms with E-state index < -0.39 is 0 Å². The summed E-state index contributed by atoms with van der Waals surface area (Å²) in [6.07, 6.45) is 4.86. The van der Waals surface area contributed by atoms with Gasteiger partial charge in [0, 0.05) is 24.6 Å². The van der Waals surface area contributed by atoms with Crippen molar-refractivity contribution in [3.05, 3.63) is 58.9 Å². The molecule has 126 valence electrons. The molecule has 0 bridgehead atoms. The Balaban J connectivity index is 2.11. The topological polar surface area (TPSA) is 71.1 Å². The first-order chi connectivity index (χ1) is 11.5. The van der Waals surface area contributed by atoms with Crippen LogP contribution in [0.25, 0.3) is 0 Å². The van der Waals surface area contributed by atoms with Crippen molar-refractivity contribution in [1.82, 2.24) is 10.3 Å². The molecule has 1 aromatic heterocycles. The third kappa shape index (κ3) is 4.41. The van der Waals surface area contributed by atoms with Gasteiger partial charge < -0.3 is 10.6 Å². The third-order valence-corrected chi connectivity index (χ3v) is 3.93. The zero-order chi connectivity index (χ0) is 17.5. The van der Waals surface area contributed by atoms with Gasteiger partial charge in [0.2, 0.25) is 0 Å². The molecule has 5 nitrogen and oxygen atoms in total. The van der Waals surface area contributed by atoms with Gasteiger partial charge in [-0.05, 0) is 43.5 Å². The van der Waals surface area contributed by atoms with Crippen molar-refractivity contribution < 1.29 is 9.59 Å². The van der Waals surface area contributed by atoms with Crippen molar-refractivity contribution >= 4 is 17.5 Å². The van der Waals surface area contributed by atoms with Crippen molar-refractivity contribution in [2.75, 3.05) is 11.9 Å². The largest absolute Gasteiger partial charge is 0.352 e. The van der Waals surface area contributed by atoms with Crippen LogP contribution in [0, 0.1) is 13.8 Å². The lowest BCUT2D eigenvalue weighted by molar-refractivity contribution is 0.0953. The predicted octanol–water partition coefficient (Wildman–Crippen LogP) is 3.48. The number of aromatic nitrogens is 1. The van der Waals surface area contributed by atoms with Gasteiger partial charge in [0.05, 0.1) is 11.1 Å². The normalized spacial score (nSPS) is 10.3. The fraction of sp³-hybridized carbons (Fsp3) is 0.316. The Morgan fingerprint density at radius 2 is 1.79 bits per heavy atom. The molecule has 0 spiro atoms. The summed E-state index contributed by atoms with van der Waals surface area (Å²) >= 11 is 0. The first-order valence-corrected chi connectivity index (χ1v) is 8.13. The number of anilines is 1. The fourth-order valence-electron chi connectivity index (χ4n) is 2.25. The average molecular weight is 325 g/mol. The first-order valence-electron chi connectivity index (χ1n) is 8.13. The number of nitrogens with one attached hydrogen (secondary N) is 2. The maximum atomic E-state index is 12.4. The minimum absolute atomic E-state index is 0.211. The molecule has 2 aromatic rings. The van der Waals surface area contributed by atoms with Crippen molar-refractivity contribution in [2.45, 2.75) is 33.6 Å². The molecule has 0 atom stereocenters. The van der Waals surface area contributed by atoms with Crippen molar-refractivity contribution in [2.24, 2.45) is 0 Å². The van der Waals surface area contributed by atoms with E-state index in [1.54, 1.807) is 6.07 Å². The van der Waals surface area contributed by atoms with Gasteiger partial charge in [-0.25, -0.2) is 0 Å². The van der Waals surface area contributed by atoms with Crippen LogP contribution in [-0.4, -0.2) is 23.3 Å². The SMILES string of the molecule is CCCCNC(=O)c1cncc(C(=O)Nc2cccc(C)c2C)c1. The Bertz CT molecular complexity index is 741. The summed E-state index contributed by atoms with van der Waals surface area (Å²) in [4.78, 5) is 28.5. The Morgan fingerprint density at radius 3 is 2.50 bits per heavy atom. The second-order valence-corrected chi connectivity index (χ2v) is 5.77. The second-order valence-electron chi connectivity index (χ2n) is 5.77. The summed E-state index contributed by atoms with van der Waals surface area (Å²) in [5.41, 5.74) is 3.64. The highest BCUT2D eigenvalue weighted by Gasteiger charge is 2.12. The highest BCUT2D eigenvalue weighted by molar-refractivity contribution is 6.06. The Morgan fingerprint density at radius 1 is 1.08 bits per heavy atom. The van der Waals surface area contributed by atoms with Crippen molar-refractivity contribution in [3.8, 4) is 0 Å². The summed E-state index contributed by atoms with van der Waals surface area (Å²) < 4.78 is 0. The van der Waals surface area contributed by atoms with Crippen molar-refractivity contribution in [3.63, 3.8) is 0 Å². The minimum atomic E-state index is -0.278. The van der Waals surface area contributed by atoms with Gasteiger partial charge in [-0.3, -0.25) is 14.6 Å². The van der Waals surface area contributed by atoms with Gasteiger partial charge in [0.25, 0.3) is 11.8 Å². The molecule has 0 aliphatic carbocycles. The summed E-state index contributed by atoms with van der Waals surface area (Å²) in [5, 5.41) is 5.70. The van der Waals surface area contributed by atoms with E-state index in [9.17, 15) is 9.59 Å². The summed E-state index contributed by atoms with van der Waals surface area (Å²) in [6, 6.07) is 7.31. The maximum absolute atomic E-state index is 12.4. The molecule has 2 N–H and O–H groups in total. The molecule has 0 radical (unpaired) electrons. The number of unbranched alkanes of at least 4 members (excludes halogenated alkanes) is 1. The number of amides is 2. The van der Waals surface area contributed by atoms with E-state index >= 15 is 0 Å². The molecule has 0 unspecified atom stereocenters. The standard InChI is InChI=1S/C19H23N3O2/c1-4-5-9-21-18(23)15-10-16(12-20-11-15)19(24)22-17-8-6-7-13(2)14(17)3/h6-8,10-12H,4-5,9H2,1-3H3,(H,21,23)(H,22,24). The average Bonchev–Trinajstić information content (AvgIpc) is 2.59. The molecule has 1 heterocycles. The number of benzene rings is 1. The second kappa shape index (κ2) is 8.24. The number of pyridine rings is 1. The van der Waals surface area contributed by atoms with E-state index in [2.05, 4.69) is 22.5 Å². The smallest absolute Gasteiger partial charge is 0.257 e. The van der Waals surface area contributed by atoms with Gasteiger partial charge in [0.15, 0.2) is 0 Å². The van der Waals surface area contributed by atoms with Crippen LogP contribution >= 0.6 is 0 Å². The van der Waals surface area contributed by atoms with E-state index in [1.807, 2.05) is 32.0 Å². The Labute approximate surface area is 142 Å². The molecule has 5 heteroatoms. The number of carbonyl (C=O) groups excluding carboxylic acids is 2. The van der Waals surface area contributed by atoms with E-state index in [4.69, 9.17) is 0 Å². The summed E-state index contributed by atoms with van der Waals surface area (Å²) in [7, 11) is 0. The number of hydrogen-bond donors (Lipinski definition) is 2. The maximum Gasteiger partial charge on any atom is 0.257 e. The number of aryl methyl sites for hydroxylation is 1. The van der Waals surface area contributed by atoms with Gasteiger partial charge in [0.1, 0.15) is 0 Å². The van der Waals surface area contributed by atoms with Crippen molar-refractivity contribution in [1.29, 1.82) is 0 Å². The Hall–Kier alpha value is -2.69. The monoisotopic (exact) mass is 325 g/mol. The zero-order valence-corrected chi connectivity index (χ0v) is 14.3. The molecule has 0 saturated carbocycles. The van der Waals surface area contributed by atoms with Gasteiger partial charge >= 0.3 is 0 Å². The fourth-order valence-corrected chi connectivity index (χ4v) is 2.25. The van der Waals surface area contributed by atoms with Gasteiger partial charge in [-0.15, -0.1) is 0 Å². The Kier molecular flexibility index (Phi) is 6.07. The van der Waals surface area contributed by atoms with Crippen LogP contribution in [0.3, 0.4) is 0 Å². The number of carbonyl (C=O) groups is 2. The highest BCUT2D eigenvalue weighted by atomic mass is 16.2. The lowest BCUT2D eigenvalue weighted by Gasteiger charge is -2.11. The van der Waals surface area contributed by atoms with Crippen LogP contribution < -0.4 is 10.6 Å². The summed E-state index contributed by atoms with van der Waals surface area (Å²) in [6.45, 7) is 6.63. The predicted molar refractivity (Wildman–Crippen MR) is 95.3 cm³/mol. The van der Waals surface area contributed by atoms with Gasteiger partial charge in [-0.2, -0.15) is 0 Å². The molecule has 2 rings (SSSR count). The zero-order valence-electron chi connectivity index (χ0n) is 14.3. The molecule has 24 heavy (non-hydrogen) atoms. The van der Waals surface area contributed by atoms with Crippen LogP contribution in [0.1, 0.15) is 51.6 Å². The molecule has 1 aromatic carbocycles. The minimum Gasteiger partial charge on any atom is -0.352 e. The quantitative estimate of drug-likeness (QED) is 0.799. The van der Waals surface area contributed by atoms with Crippen LogP contribution in [0.5, 0.6) is 0 Å². The molecule has 0 aliphatic rings. The van der Waals surface area contributed by atoms with Crippen LogP contribution in [-0.2, 0) is 0 Å². The summed E-state index contributed by atoms with van der Waals surface area (Å²) in [5.74, 6) is -0.489. The van der Waals surface area contributed by atoms with E-state index in [0.29, 0.717) is 17.7 Å². The molecular weight excluding hydrogens is 302 g/mol. The lowest BCUT2D eigenvalue weighted by Crippen LogP contribution is -2.25. The molecular formula is C19H23N3O2. The van der Waals surface area contributed by atoms with E-state index in [0.717, 1.165) is 29.7 Å².